The van der Waals surface area contributed by atoms with Gasteiger partial charge in [-0.05, 0) is 86.0 Å². The van der Waals surface area contributed by atoms with Gasteiger partial charge < -0.3 is 37.5 Å². The number of aromatic amines is 1. The molecule has 0 radical (unpaired) electrons. The van der Waals surface area contributed by atoms with Crippen molar-refractivity contribution in [1.29, 1.82) is 0 Å². The molecule has 0 spiro atoms. The predicted molar refractivity (Wildman–Crippen MR) is 219 cm³/mol. The van der Waals surface area contributed by atoms with Crippen molar-refractivity contribution >= 4 is 40.2 Å². The number of H-pyrrole nitrogens is 1. The van der Waals surface area contributed by atoms with Crippen LogP contribution in [0.1, 0.15) is 61.0 Å². The van der Waals surface area contributed by atoms with Crippen LogP contribution in [0.3, 0.4) is 0 Å². The fraction of sp³-hybridized carbons (Fsp3) is 0.405. The molecule has 58 heavy (non-hydrogen) atoms. The summed E-state index contributed by atoms with van der Waals surface area (Å²) in [4.78, 5) is 71.1. The molecule has 1 heterocycles. The van der Waals surface area contributed by atoms with Gasteiger partial charge in [0.1, 0.15) is 18.1 Å². The molecule has 0 saturated carbocycles. The molecule has 15 nitrogen and oxygen atoms in total. The van der Waals surface area contributed by atoms with Crippen molar-refractivity contribution in [1.82, 2.24) is 31.7 Å². The van der Waals surface area contributed by atoms with Crippen LogP contribution in [0.4, 0.5) is 4.39 Å². The van der Waals surface area contributed by atoms with Crippen LogP contribution in [0, 0.1) is 17.7 Å². The number of ketones is 2. The number of hydrogen-bond donors (Lipinski definition) is 10. The maximum absolute atomic E-state index is 13.9. The van der Waals surface area contributed by atoms with Crippen molar-refractivity contribution in [2.75, 3.05) is 13.1 Å². The Morgan fingerprint density at radius 1 is 0.793 bits per heavy atom. The molecule has 1 aromatic heterocycles. The number of amides is 3. The number of rotatable bonds is 24. The number of nitrogens with two attached hydrogens (primary N) is 3. The molecule has 0 aliphatic heterocycles. The highest BCUT2D eigenvalue weighted by molar-refractivity contribution is 6.41. The first-order valence-electron chi connectivity index (χ1n) is 19.5. The summed E-state index contributed by atoms with van der Waals surface area (Å²) in [6, 6.07) is 18.1. The van der Waals surface area contributed by atoms with Crippen LogP contribution in [0.25, 0.3) is 10.9 Å². The van der Waals surface area contributed by atoms with Crippen molar-refractivity contribution in [3.8, 4) is 0 Å². The van der Waals surface area contributed by atoms with E-state index in [1.807, 2.05) is 44.2 Å². The number of benzene rings is 3. The van der Waals surface area contributed by atoms with Crippen molar-refractivity contribution in [3.63, 3.8) is 0 Å². The van der Waals surface area contributed by atoms with Gasteiger partial charge in [0.05, 0.1) is 18.2 Å². The number of carbonyl (C=O) groups is 5. The van der Waals surface area contributed by atoms with Gasteiger partial charge in [-0.15, -0.1) is 0 Å². The molecule has 16 heteroatoms. The zero-order valence-electron chi connectivity index (χ0n) is 32.9. The molecule has 0 bridgehead atoms. The standard InChI is InChI=1S/C42H56FN9O6/c1-25(2)19-28(21-31(53)24-49-41(58)36(20-26-9-4-3-5-10-26)51-39(56)27-14-16-30(43)17-15-27)40(57)50-34(13-8-18-47-42(44)45)37(54)38(55)35(52-46)22-29-23-48-33-12-7-6-11-32(29)33/h3-7,9-12,14-17,23,25,28,31,34-36,42,47-48,52-53H,8,13,18-22,24,44-46H2,1-2H3,(H,49,58)(H,50,57)(H,51,56)/t28?,31-,34-,35-,36-/m0/s1. The van der Waals surface area contributed by atoms with Crippen LogP contribution in [0.5, 0.6) is 0 Å². The monoisotopic (exact) mass is 801 g/mol. The fourth-order valence-electron chi connectivity index (χ4n) is 6.76. The average molecular weight is 802 g/mol. The molecular formula is C42H56FN9O6. The second-order valence-corrected chi connectivity index (χ2v) is 14.9. The summed E-state index contributed by atoms with van der Waals surface area (Å²) in [5.74, 6) is 1.14. The van der Waals surface area contributed by atoms with Crippen LogP contribution in [-0.4, -0.2) is 83.0 Å². The molecule has 13 N–H and O–H groups in total. The Morgan fingerprint density at radius 3 is 2.14 bits per heavy atom. The van der Waals surface area contributed by atoms with E-state index in [0.29, 0.717) is 19.4 Å². The molecule has 4 rings (SSSR count). The van der Waals surface area contributed by atoms with Crippen molar-refractivity contribution in [2.45, 2.75) is 82.9 Å². The normalized spacial score (nSPS) is 14.1. The number of para-hydroxylation sites is 1. The number of hydrazine groups is 1. The molecule has 1 unspecified atom stereocenters. The number of carbonyl (C=O) groups excluding carboxylic acids is 5. The predicted octanol–water partition coefficient (Wildman–Crippen LogP) is 1.45. The van der Waals surface area contributed by atoms with E-state index >= 15 is 0 Å². The van der Waals surface area contributed by atoms with Gasteiger partial charge in [0.25, 0.3) is 5.91 Å². The molecule has 5 atom stereocenters. The van der Waals surface area contributed by atoms with Crippen LogP contribution in [0.15, 0.2) is 85.1 Å². The summed E-state index contributed by atoms with van der Waals surface area (Å²) in [6.45, 7) is 3.87. The van der Waals surface area contributed by atoms with Gasteiger partial charge in [-0.2, -0.15) is 0 Å². The first-order valence-corrected chi connectivity index (χ1v) is 19.5. The molecule has 0 fully saturated rings. The number of nitrogens with one attached hydrogen (secondary N) is 6. The van der Waals surface area contributed by atoms with Gasteiger partial charge in [0, 0.05) is 41.5 Å². The lowest BCUT2D eigenvalue weighted by Crippen LogP contribution is -2.53. The van der Waals surface area contributed by atoms with Gasteiger partial charge in [0.2, 0.25) is 23.4 Å². The molecule has 3 aromatic carbocycles. The molecule has 312 valence electrons. The number of aromatic nitrogens is 1. The molecule has 4 aromatic rings. The number of halogens is 1. The third-order valence-corrected chi connectivity index (χ3v) is 9.75. The molecule has 3 amide bonds. The summed E-state index contributed by atoms with van der Waals surface area (Å²) < 4.78 is 13.5. The van der Waals surface area contributed by atoms with Crippen LogP contribution >= 0.6 is 0 Å². The molecule has 0 aliphatic carbocycles. The van der Waals surface area contributed by atoms with Gasteiger partial charge in [-0.1, -0.05) is 62.4 Å². The summed E-state index contributed by atoms with van der Waals surface area (Å²) in [5.41, 5.74) is 16.3. The minimum atomic E-state index is -1.22. The average Bonchev–Trinajstić information content (AvgIpc) is 3.61. The molecule has 0 saturated heterocycles. The molecule has 0 aliphatic rings. The van der Waals surface area contributed by atoms with Crippen LogP contribution in [0.2, 0.25) is 0 Å². The minimum absolute atomic E-state index is 0.00230. The van der Waals surface area contributed by atoms with Gasteiger partial charge in [-0.25, -0.2) is 9.82 Å². The number of aliphatic hydroxyl groups excluding tert-OH is 1. The lowest BCUT2D eigenvalue weighted by Gasteiger charge is -2.26. The van der Waals surface area contributed by atoms with E-state index in [1.165, 1.54) is 12.1 Å². The summed E-state index contributed by atoms with van der Waals surface area (Å²) in [7, 11) is 0. The first-order chi connectivity index (χ1) is 27.7. The van der Waals surface area contributed by atoms with Crippen molar-refractivity contribution in [2.24, 2.45) is 29.1 Å². The quantitative estimate of drug-likeness (QED) is 0.0159. The summed E-state index contributed by atoms with van der Waals surface area (Å²) in [5, 5.41) is 23.0. The lowest BCUT2D eigenvalue weighted by molar-refractivity contribution is -0.140. The number of hydrogen-bond acceptors (Lipinski definition) is 11. The summed E-state index contributed by atoms with van der Waals surface area (Å²) >= 11 is 0. The molecular weight excluding hydrogens is 746 g/mol. The SMILES string of the molecule is CC(C)CC(C[C@H](O)CNC(=O)[C@H](Cc1ccccc1)NC(=O)c1ccc(F)cc1)C(=O)N[C@@H](CCCNC(N)N)C(=O)C(=O)[C@H](Cc1c[nH]c2ccccc12)NN. The van der Waals surface area contributed by atoms with E-state index in [1.54, 1.807) is 30.5 Å². The van der Waals surface area contributed by atoms with E-state index in [9.17, 15) is 33.5 Å². The highest BCUT2D eigenvalue weighted by Gasteiger charge is 2.34. The third-order valence-electron chi connectivity index (χ3n) is 9.75. The first kappa shape index (κ1) is 45.3. The van der Waals surface area contributed by atoms with E-state index in [-0.39, 0.29) is 43.7 Å². The summed E-state index contributed by atoms with van der Waals surface area (Å²) in [6.07, 6.45) is 0.674. The second-order valence-electron chi connectivity index (χ2n) is 14.9. The van der Waals surface area contributed by atoms with E-state index < -0.39 is 71.5 Å². The minimum Gasteiger partial charge on any atom is -0.391 e. The Bertz CT molecular complexity index is 1960. The van der Waals surface area contributed by atoms with Gasteiger partial charge in [-0.3, -0.25) is 35.1 Å². The zero-order chi connectivity index (χ0) is 42.2. The smallest absolute Gasteiger partial charge is 0.251 e. The third kappa shape index (κ3) is 13.9. The highest BCUT2D eigenvalue weighted by atomic mass is 19.1. The van der Waals surface area contributed by atoms with E-state index in [4.69, 9.17) is 17.3 Å². The maximum atomic E-state index is 13.9. The lowest BCUT2D eigenvalue weighted by atomic mass is 9.89. The Labute approximate surface area is 337 Å². The van der Waals surface area contributed by atoms with Crippen molar-refractivity contribution < 1.29 is 33.5 Å². The second kappa shape index (κ2) is 22.5. The maximum Gasteiger partial charge on any atom is 0.251 e. The Hall–Kier alpha value is -5.36. The highest BCUT2D eigenvalue weighted by Crippen LogP contribution is 2.21. The van der Waals surface area contributed by atoms with Crippen LogP contribution < -0.4 is 44.0 Å². The zero-order valence-corrected chi connectivity index (χ0v) is 32.9. The largest absolute Gasteiger partial charge is 0.391 e. The number of aliphatic hydroxyl groups is 1. The van der Waals surface area contributed by atoms with Gasteiger partial charge in [0.15, 0.2) is 0 Å². The van der Waals surface area contributed by atoms with Crippen molar-refractivity contribution in [3.05, 3.63) is 108 Å². The fourth-order valence-corrected chi connectivity index (χ4v) is 6.76. The topological polar surface area (TPSA) is 260 Å². The van der Waals surface area contributed by atoms with Gasteiger partial charge >= 0.3 is 0 Å². The Kier molecular flexibility index (Phi) is 17.6. The Morgan fingerprint density at radius 2 is 1.47 bits per heavy atom. The van der Waals surface area contributed by atoms with E-state index in [2.05, 4.69) is 31.7 Å². The number of Topliss-reactive ketones (excluding diaryl/α,β-unsaturated/α-hetero) is 2. The Balaban J connectivity index is 1.44. The van der Waals surface area contributed by atoms with Crippen LogP contribution in [-0.2, 0) is 32.0 Å². The number of fused-ring (bicyclic) bond motifs is 1. The van der Waals surface area contributed by atoms with E-state index in [0.717, 1.165) is 34.2 Å².